The minimum atomic E-state index is 0.261. The van der Waals surface area contributed by atoms with E-state index in [-0.39, 0.29) is 5.92 Å². The lowest BCUT2D eigenvalue weighted by Crippen LogP contribution is -2.33. The van der Waals surface area contributed by atoms with E-state index < -0.39 is 0 Å². The maximum Gasteiger partial charge on any atom is 0.0768 e. The molecule has 0 saturated carbocycles. The summed E-state index contributed by atoms with van der Waals surface area (Å²) in [5, 5.41) is 0. The van der Waals surface area contributed by atoms with Crippen molar-refractivity contribution in [2.45, 2.75) is 20.4 Å². The molecular formula is C12H19N3S. The highest BCUT2D eigenvalue weighted by Gasteiger charge is 2.11. The van der Waals surface area contributed by atoms with Gasteiger partial charge in [0.1, 0.15) is 0 Å². The first-order valence-electron chi connectivity index (χ1n) is 5.54. The lowest BCUT2D eigenvalue weighted by molar-refractivity contribution is 0.264. The standard InChI is InChI=1S/C12H19N3S/c1-3-15(8-10(2)12(13)16)9-11-4-6-14-7-5-11/h4-7,10H,3,8-9H2,1-2H3,(H2,13,16). The monoisotopic (exact) mass is 237 g/mol. The Kier molecular flexibility index (Phi) is 5.35. The molecule has 0 radical (unpaired) electrons. The zero-order valence-corrected chi connectivity index (χ0v) is 10.7. The molecule has 1 unspecified atom stereocenters. The first-order chi connectivity index (χ1) is 7.63. The Morgan fingerprint density at radius 1 is 1.50 bits per heavy atom. The van der Waals surface area contributed by atoms with Gasteiger partial charge in [-0.15, -0.1) is 0 Å². The van der Waals surface area contributed by atoms with Crippen LogP contribution in [-0.4, -0.2) is 28.0 Å². The lowest BCUT2D eigenvalue weighted by Gasteiger charge is -2.23. The quantitative estimate of drug-likeness (QED) is 0.766. The first-order valence-corrected chi connectivity index (χ1v) is 5.95. The molecule has 16 heavy (non-hydrogen) atoms. The van der Waals surface area contributed by atoms with Gasteiger partial charge in [-0.25, -0.2) is 0 Å². The van der Waals surface area contributed by atoms with Crippen LogP contribution in [0.4, 0.5) is 0 Å². The van der Waals surface area contributed by atoms with Crippen LogP contribution in [0.15, 0.2) is 24.5 Å². The van der Waals surface area contributed by atoms with E-state index in [0.717, 1.165) is 19.6 Å². The first kappa shape index (κ1) is 13.1. The highest BCUT2D eigenvalue weighted by atomic mass is 32.1. The highest BCUT2D eigenvalue weighted by molar-refractivity contribution is 7.80. The Bertz CT molecular complexity index is 326. The molecule has 1 aromatic heterocycles. The molecule has 4 heteroatoms. The van der Waals surface area contributed by atoms with E-state index in [1.807, 2.05) is 24.5 Å². The number of hydrogen-bond donors (Lipinski definition) is 1. The molecule has 1 rings (SSSR count). The largest absolute Gasteiger partial charge is 0.393 e. The summed E-state index contributed by atoms with van der Waals surface area (Å²) < 4.78 is 0. The van der Waals surface area contributed by atoms with Crippen molar-refractivity contribution in [1.82, 2.24) is 9.88 Å². The molecule has 0 saturated heterocycles. The van der Waals surface area contributed by atoms with Crippen molar-refractivity contribution in [3.8, 4) is 0 Å². The fraction of sp³-hybridized carbons (Fsp3) is 0.500. The minimum absolute atomic E-state index is 0.261. The second-order valence-electron chi connectivity index (χ2n) is 3.99. The van der Waals surface area contributed by atoms with Crippen LogP contribution in [0.25, 0.3) is 0 Å². The number of rotatable bonds is 6. The fourth-order valence-corrected chi connectivity index (χ4v) is 1.60. The van der Waals surface area contributed by atoms with Gasteiger partial charge < -0.3 is 5.73 Å². The van der Waals surface area contributed by atoms with Gasteiger partial charge in [0, 0.05) is 31.4 Å². The number of hydrogen-bond acceptors (Lipinski definition) is 3. The van der Waals surface area contributed by atoms with Crippen LogP contribution in [-0.2, 0) is 6.54 Å². The molecule has 88 valence electrons. The molecule has 3 nitrogen and oxygen atoms in total. The second kappa shape index (κ2) is 6.55. The van der Waals surface area contributed by atoms with Gasteiger partial charge in [-0.3, -0.25) is 9.88 Å². The minimum Gasteiger partial charge on any atom is -0.393 e. The Labute approximate surface area is 103 Å². The molecule has 0 aromatic carbocycles. The van der Waals surface area contributed by atoms with Gasteiger partial charge in [0.2, 0.25) is 0 Å². The molecule has 1 aromatic rings. The highest BCUT2D eigenvalue weighted by Crippen LogP contribution is 2.06. The predicted molar refractivity (Wildman–Crippen MR) is 71.1 cm³/mol. The van der Waals surface area contributed by atoms with Crippen LogP contribution in [0, 0.1) is 5.92 Å². The van der Waals surface area contributed by atoms with Gasteiger partial charge in [0.05, 0.1) is 4.99 Å². The lowest BCUT2D eigenvalue weighted by atomic mass is 10.1. The number of aromatic nitrogens is 1. The molecule has 0 aliphatic heterocycles. The Balaban J connectivity index is 2.53. The zero-order valence-electron chi connectivity index (χ0n) is 9.89. The van der Waals surface area contributed by atoms with E-state index in [2.05, 4.69) is 23.7 Å². The van der Waals surface area contributed by atoms with Gasteiger partial charge in [-0.1, -0.05) is 26.1 Å². The smallest absolute Gasteiger partial charge is 0.0768 e. The maximum atomic E-state index is 5.63. The molecule has 0 bridgehead atoms. The molecule has 0 aliphatic carbocycles. The Morgan fingerprint density at radius 2 is 2.12 bits per heavy atom. The third-order valence-corrected chi connectivity index (χ3v) is 3.02. The van der Waals surface area contributed by atoms with Gasteiger partial charge in [0.15, 0.2) is 0 Å². The molecule has 1 heterocycles. The fourth-order valence-electron chi connectivity index (χ4n) is 1.53. The topological polar surface area (TPSA) is 42.2 Å². The summed E-state index contributed by atoms with van der Waals surface area (Å²) in [5.41, 5.74) is 6.90. The molecule has 1 atom stereocenters. The predicted octanol–water partition coefficient (Wildman–Crippen LogP) is 1.83. The van der Waals surface area contributed by atoms with Crippen molar-refractivity contribution in [3.05, 3.63) is 30.1 Å². The zero-order chi connectivity index (χ0) is 12.0. The molecular weight excluding hydrogens is 218 g/mol. The average molecular weight is 237 g/mol. The van der Waals surface area contributed by atoms with E-state index in [1.54, 1.807) is 0 Å². The molecule has 0 aliphatic rings. The van der Waals surface area contributed by atoms with Crippen LogP contribution >= 0.6 is 12.2 Å². The number of nitrogens with two attached hydrogens (primary N) is 1. The SMILES string of the molecule is CCN(Cc1ccncc1)CC(C)C(N)=S. The van der Waals surface area contributed by atoms with Crippen LogP contribution in [0.1, 0.15) is 19.4 Å². The summed E-state index contributed by atoms with van der Waals surface area (Å²) in [7, 11) is 0. The van der Waals surface area contributed by atoms with Crippen LogP contribution in [0.3, 0.4) is 0 Å². The summed E-state index contributed by atoms with van der Waals surface area (Å²) in [4.78, 5) is 6.93. The number of nitrogens with zero attached hydrogens (tertiary/aromatic N) is 2. The van der Waals surface area contributed by atoms with Crippen molar-refractivity contribution in [1.29, 1.82) is 0 Å². The molecule has 0 amide bonds. The van der Waals surface area contributed by atoms with Crippen molar-refractivity contribution in [2.75, 3.05) is 13.1 Å². The normalized spacial score (nSPS) is 12.7. The molecule has 0 fully saturated rings. The summed E-state index contributed by atoms with van der Waals surface area (Å²) in [6, 6.07) is 4.07. The van der Waals surface area contributed by atoms with Crippen molar-refractivity contribution in [2.24, 2.45) is 11.7 Å². The third kappa shape index (κ3) is 4.24. The second-order valence-corrected chi connectivity index (χ2v) is 4.46. The van der Waals surface area contributed by atoms with E-state index in [0.29, 0.717) is 4.99 Å². The summed E-state index contributed by atoms with van der Waals surface area (Å²) in [5.74, 6) is 0.261. The van der Waals surface area contributed by atoms with Crippen molar-refractivity contribution >= 4 is 17.2 Å². The van der Waals surface area contributed by atoms with Crippen LogP contribution in [0.5, 0.6) is 0 Å². The molecule has 2 N–H and O–H groups in total. The maximum absolute atomic E-state index is 5.63. The van der Waals surface area contributed by atoms with Crippen molar-refractivity contribution < 1.29 is 0 Å². The van der Waals surface area contributed by atoms with Crippen LogP contribution < -0.4 is 5.73 Å². The third-order valence-electron chi connectivity index (χ3n) is 2.62. The van der Waals surface area contributed by atoms with E-state index in [1.165, 1.54) is 5.56 Å². The van der Waals surface area contributed by atoms with E-state index in [9.17, 15) is 0 Å². The number of thiocarbonyl (C=S) groups is 1. The average Bonchev–Trinajstić information content (AvgIpc) is 2.29. The molecule has 0 spiro atoms. The Morgan fingerprint density at radius 3 is 2.62 bits per heavy atom. The van der Waals surface area contributed by atoms with Gasteiger partial charge in [0.25, 0.3) is 0 Å². The van der Waals surface area contributed by atoms with Gasteiger partial charge >= 0.3 is 0 Å². The van der Waals surface area contributed by atoms with Gasteiger partial charge in [-0.05, 0) is 24.2 Å². The van der Waals surface area contributed by atoms with E-state index in [4.69, 9.17) is 18.0 Å². The number of pyridine rings is 1. The van der Waals surface area contributed by atoms with E-state index >= 15 is 0 Å². The Hall–Kier alpha value is -1.00. The summed E-state index contributed by atoms with van der Waals surface area (Å²) in [6.45, 7) is 7.04. The van der Waals surface area contributed by atoms with Crippen molar-refractivity contribution in [3.63, 3.8) is 0 Å². The van der Waals surface area contributed by atoms with Gasteiger partial charge in [-0.2, -0.15) is 0 Å². The summed E-state index contributed by atoms with van der Waals surface area (Å²) in [6.07, 6.45) is 3.64. The summed E-state index contributed by atoms with van der Waals surface area (Å²) >= 11 is 4.99. The van der Waals surface area contributed by atoms with Crippen LogP contribution in [0.2, 0.25) is 0 Å².